The summed E-state index contributed by atoms with van der Waals surface area (Å²) in [7, 11) is 0. The van der Waals surface area contributed by atoms with Gasteiger partial charge in [-0.05, 0) is 47.7 Å². The van der Waals surface area contributed by atoms with E-state index in [-0.39, 0.29) is 45.6 Å². The Morgan fingerprint density at radius 3 is 2.56 bits per heavy atom. The lowest BCUT2D eigenvalue weighted by Gasteiger charge is -2.39. The van der Waals surface area contributed by atoms with E-state index in [1.807, 2.05) is 6.07 Å². The molecule has 0 bridgehead atoms. The number of fused-ring (bicyclic) bond motifs is 3. The molecule has 1 aliphatic carbocycles. The Morgan fingerprint density at radius 1 is 1.12 bits per heavy atom. The molecular weight excluding hydrogens is 479 g/mol. The third kappa shape index (κ3) is 3.91. The fraction of sp³-hybridized carbons (Fsp3) is 0.240. The highest BCUT2D eigenvalue weighted by molar-refractivity contribution is 8.00. The van der Waals surface area contributed by atoms with Gasteiger partial charge in [0.2, 0.25) is 0 Å². The van der Waals surface area contributed by atoms with Crippen molar-refractivity contribution in [2.75, 3.05) is 5.32 Å². The van der Waals surface area contributed by atoms with Gasteiger partial charge < -0.3 is 10.4 Å². The number of para-hydroxylation sites is 2. The van der Waals surface area contributed by atoms with Crippen molar-refractivity contribution in [3.8, 4) is 0 Å². The van der Waals surface area contributed by atoms with Gasteiger partial charge in [-0.3, -0.25) is 10.1 Å². The summed E-state index contributed by atoms with van der Waals surface area (Å²) in [6.45, 7) is 0. The van der Waals surface area contributed by atoms with Gasteiger partial charge in [0.05, 0.1) is 32.5 Å². The van der Waals surface area contributed by atoms with Crippen molar-refractivity contribution in [2.45, 2.75) is 33.9 Å². The Labute approximate surface area is 204 Å². The first-order valence-corrected chi connectivity index (χ1v) is 12.1. The van der Waals surface area contributed by atoms with Crippen molar-refractivity contribution in [2.24, 2.45) is 5.92 Å². The van der Waals surface area contributed by atoms with E-state index in [1.54, 1.807) is 42.5 Å². The minimum Gasteiger partial charge on any atom is -0.478 e. The SMILES string of the molecule is O=C(O)c1cccc2c1N[C@@H](c1ccc(F)cc1)[C@@H]1C[C@@H](Sc3ccccc3[N+](=O)[O-])[C@@H](Cl)[C@@H]21. The molecule has 174 valence electrons. The first-order chi connectivity index (χ1) is 16.3. The minimum absolute atomic E-state index is 0.00947. The number of halogens is 2. The van der Waals surface area contributed by atoms with E-state index < -0.39 is 10.9 Å². The maximum absolute atomic E-state index is 13.6. The molecule has 1 saturated carbocycles. The van der Waals surface area contributed by atoms with Crippen LogP contribution in [-0.4, -0.2) is 26.6 Å². The molecule has 3 aromatic rings. The van der Waals surface area contributed by atoms with Crippen LogP contribution in [0.5, 0.6) is 0 Å². The van der Waals surface area contributed by atoms with E-state index in [1.165, 1.54) is 30.0 Å². The number of nitro benzene ring substituents is 1. The van der Waals surface area contributed by atoms with Crippen molar-refractivity contribution in [1.82, 2.24) is 0 Å². The molecule has 2 aliphatic rings. The number of thioether (sulfide) groups is 1. The number of benzene rings is 3. The van der Waals surface area contributed by atoms with Crippen LogP contribution in [0.15, 0.2) is 71.6 Å². The summed E-state index contributed by atoms with van der Waals surface area (Å²) in [5, 5.41) is 24.2. The number of rotatable bonds is 5. The molecule has 1 fully saturated rings. The minimum atomic E-state index is -1.05. The second kappa shape index (κ2) is 8.92. The molecule has 5 rings (SSSR count). The molecule has 2 N–H and O–H groups in total. The van der Waals surface area contributed by atoms with Gasteiger partial charge in [-0.25, -0.2) is 9.18 Å². The molecule has 0 saturated heterocycles. The molecular formula is C25H20ClFN2O4S. The van der Waals surface area contributed by atoms with E-state index in [4.69, 9.17) is 11.6 Å². The van der Waals surface area contributed by atoms with Gasteiger partial charge in [-0.15, -0.1) is 23.4 Å². The fourth-order valence-corrected chi connectivity index (χ4v) is 7.14. The number of carbonyl (C=O) groups is 1. The maximum atomic E-state index is 13.6. The van der Waals surface area contributed by atoms with Crippen molar-refractivity contribution in [1.29, 1.82) is 0 Å². The van der Waals surface area contributed by atoms with E-state index in [2.05, 4.69) is 5.32 Å². The van der Waals surface area contributed by atoms with Crippen LogP contribution in [0.3, 0.4) is 0 Å². The lowest BCUT2D eigenvalue weighted by Crippen LogP contribution is -2.32. The second-order valence-corrected chi connectivity index (χ2v) is 10.3. The van der Waals surface area contributed by atoms with Crippen LogP contribution >= 0.6 is 23.4 Å². The normalized spacial score (nSPS) is 25.2. The molecule has 34 heavy (non-hydrogen) atoms. The smallest absolute Gasteiger partial charge is 0.337 e. The first kappa shape index (κ1) is 22.7. The van der Waals surface area contributed by atoms with Crippen molar-refractivity contribution < 1.29 is 19.2 Å². The fourth-order valence-electron chi connectivity index (χ4n) is 5.19. The number of aromatic carboxylic acids is 1. The number of carboxylic acids is 1. The molecule has 1 heterocycles. The van der Waals surface area contributed by atoms with E-state index in [0.29, 0.717) is 17.0 Å². The molecule has 0 amide bonds. The second-order valence-electron chi connectivity index (χ2n) is 8.50. The van der Waals surface area contributed by atoms with E-state index >= 15 is 0 Å². The summed E-state index contributed by atoms with van der Waals surface area (Å²) < 4.78 is 13.6. The highest BCUT2D eigenvalue weighted by Gasteiger charge is 2.51. The molecule has 0 spiro atoms. The van der Waals surface area contributed by atoms with Gasteiger partial charge in [0, 0.05) is 17.2 Å². The number of carboxylic acid groups (broad SMARTS) is 1. The summed E-state index contributed by atoms with van der Waals surface area (Å²) >= 11 is 8.43. The van der Waals surface area contributed by atoms with E-state index in [0.717, 1.165) is 11.1 Å². The third-order valence-corrected chi connectivity index (χ3v) is 8.76. The zero-order valence-electron chi connectivity index (χ0n) is 17.7. The average molecular weight is 499 g/mol. The summed E-state index contributed by atoms with van der Waals surface area (Å²) in [6, 6.07) is 17.6. The molecule has 9 heteroatoms. The van der Waals surface area contributed by atoms with Crippen LogP contribution in [-0.2, 0) is 0 Å². The van der Waals surface area contributed by atoms with Gasteiger partial charge >= 0.3 is 5.97 Å². The molecule has 0 aromatic heterocycles. The summed E-state index contributed by atoms with van der Waals surface area (Å²) in [4.78, 5) is 23.6. The highest BCUT2D eigenvalue weighted by atomic mass is 35.5. The van der Waals surface area contributed by atoms with Gasteiger partial charge in [-0.1, -0.05) is 36.4 Å². The number of anilines is 1. The molecule has 6 nitrogen and oxygen atoms in total. The Morgan fingerprint density at radius 2 is 1.85 bits per heavy atom. The Bertz CT molecular complexity index is 1270. The number of nitro groups is 1. The molecule has 0 unspecified atom stereocenters. The molecule has 5 atom stereocenters. The third-order valence-electron chi connectivity index (χ3n) is 6.65. The number of nitrogens with zero attached hydrogens (tertiary/aromatic N) is 1. The van der Waals surface area contributed by atoms with Crippen molar-refractivity contribution in [3.63, 3.8) is 0 Å². The number of alkyl halides is 1. The molecule has 1 aliphatic heterocycles. The average Bonchev–Trinajstić information content (AvgIpc) is 3.15. The Balaban J connectivity index is 1.57. The van der Waals surface area contributed by atoms with E-state index in [9.17, 15) is 24.4 Å². The maximum Gasteiger partial charge on any atom is 0.337 e. The predicted octanol–water partition coefficient (Wildman–Crippen LogP) is 6.47. The zero-order chi connectivity index (χ0) is 24.0. The Kier molecular flexibility index (Phi) is 5.95. The van der Waals surface area contributed by atoms with Gasteiger partial charge in [0.25, 0.3) is 5.69 Å². The molecule has 0 radical (unpaired) electrons. The lowest BCUT2D eigenvalue weighted by molar-refractivity contribution is -0.387. The summed E-state index contributed by atoms with van der Waals surface area (Å²) in [5.74, 6) is -1.58. The lowest BCUT2D eigenvalue weighted by atomic mass is 9.76. The quantitative estimate of drug-likeness (QED) is 0.238. The van der Waals surface area contributed by atoms with Crippen LogP contribution in [0.4, 0.5) is 15.8 Å². The first-order valence-electron chi connectivity index (χ1n) is 10.8. The number of hydrogen-bond acceptors (Lipinski definition) is 5. The van der Waals surface area contributed by atoms with Crippen LogP contribution in [0.1, 0.15) is 39.9 Å². The largest absolute Gasteiger partial charge is 0.478 e. The van der Waals surface area contributed by atoms with Crippen LogP contribution < -0.4 is 5.32 Å². The summed E-state index contributed by atoms with van der Waals surface area (Å²) in [6.07, 6.45) is 0.654. The number of nitrogens with one attached hydrogen (secondary N) is 1. The van der Waals surface area contributed by atoms with Crippen LogP contribution in [0.25, 0.3) is 0 Å². The molecule has 3 aromatic carbocycles. The number of hydrogen-bond donors (Lipinski definition) is 2. The topological polar surface area (TPSA) is 92.5 Å². The van der Waals surface area contributed by atoms with Gasteiger partial charge in [-0.2, -0.15) is 0 Å². The van der Waals surface area contributed by atoms with Crippen LogP contribution in [0.2, 0.25) is 0 Å². The zero-order valence-corrected chi connectivity index (χ0v) is 19.3. The van der Waals surface area contributed by atoms with Crippen molar-refractivity contribution >= 4 is 40.7 Å². The monoisotopic (exact) mass is 498 g/mol. The van der Waals surface area contributed by atoms with Gasteiger partial charge in [0.1, 0.15) is 5.82 Å². The summed E-state index contributed by atoms with van der Waals surface area (Å²) in [5.41, 5.74) is 2.37. The predicted molar refractivity (Wildman–Crippen MR) is 129 cm³/mol. The van der Waals surface area contributed by atoms with Crippen molar-refractivity contribution in [3.05, 3.63) is 99.4 Å². The van der Waals surface area contributed by atoms with Crippen LogP contribution in [0, 0.1) is 21.8 Å². The highest BCUT2D eigenvalue weighted by Crippen LogP contribution is 2.58. The standard InChI is InChI=1S/C25H20ClFN2O4S/c26-22-20(34-19-7-2-1-6-18(19)29(32)33)12-17-21(22)15-4-3-5-16(25(30)31)24(15)28-23(17)13-8-10-14(27)11-9-13/h1-11,17,20-23,28H,12H2,(H,30,31)/t17-,20-,21+,22-,23+/m1/s1. The van der Waals surface area contributed by atoms with Gasteiger partial charge in [0.15, 0.2) is 0 Å². The Hall–Kier alpha value is -3.10.